The molecule has 9 nitrogen and oxygen atoms in total. The summed E-state index contributed by atoms with van der Waals surface area (Å²) in [5, 5.41) is 3.08. The zero-order valence-corrected chi connectivity index (χ0v) is 57.6. The molecule has 0 aliphatic rings. The molecule has 0 aliphatic heterocycles. The maximum atomic E-state index is 13.6. The second-order valence-corrected chi connectivity index (χ2v) is 28.3. The summed E-state index contributed by atoms with van der Waals surface area (Å²) in [6.45, 7) is 7.10. The van der Waals surface area contributed by atoms with E-state index in [9.17, 15) is 19.0 Å². The van der Waals surface area contributed by atoms with E-state index in [4.69, 9.17) is 13.8 Å². The Labute approximate surface area is 518 Å². The molecule has 3 atom stereocenters. The van der Waals surface area contributed by atoms with E-state index < -0.39 is 20.0 Å². The summed E-state index contributed by atoms with van der Waals surface area (Å²) in [6.07, 6.45) is 76.6. The van der Waals surface area contributed by atoms with Crippen LogP contribution in [0.4, 0.5) is 0 Å². The Morgan fingerprint density at radius 2 is 0.687 bits per heavy atom. The van der Waals surface area contributed by atoms with Crippen molar-refractivity contribution in [3.05, 3.63) is 12.2 Å². The lowest BCUT2D eigenvalue weighted by Gasteiger charge is -2.27. The second kappa shape index (κ2) is 63.8. The van der Waals surface area contributed by atoms with E-state index in [1.165, 1.54) is 302 Å². The first kappa shape index (κ1) is 81.8. The zero-order valence-electron chi connectivity index (χ0n) is 56.7. The van der Waals surface area contributed by atoms with E-state index in [0.717, 1.165) is 57.8 Å². The Morgan fingerprint density at radius 1 is 0.410 bits per heavy atom. The third-order valence-corrected chi connectivity index (χ3v) is 18.2. The lowest BCUT2D eigenvalue weighted by molar-refractivity contribution is -0.870. The van der Waals surface area contributed by atoms with Crippen LogP contribution in [-0.2, 0) is 27.9 Å². The molecule has 0 heterocycles. The standard InChI is InChI=1S/C73H145N2O7P/c1-7-10-13-16-19-22-25-28-30-32-33-34-35-36-37-38-39-40-41-43-45-48-51-54-57-60-63-66-73(77)82-71(64-61-58-55-52-49-46-27-24-21-18-15-12-9-3)70(69-81-83(78,79)80-68-67-75(4,5)6)74-72(76)65-62-59-56-53-50-47-44-42-31-29-26-23-20-17-14-11-8-2/h61,64,70-71H,7-60,62-63,65-69H2,1-6H3,(H-,74,76,78,79)/p+1/b64-61-. The van der Waals surface area contributed by atoms with E-state index in [0.29, 0.717) is 23.9 Å². The number of unbranched alkanes of at least 4 members (excludes halogenated alkanes) is 53. The van der Waals surface area contributed by atoms with E-state index in [2.05, 4.69) is 32.2 Å². The molecule has 0 aliphatic carbocycles. The van der Waals surface area contributed by atoms with Gasteiger partial charge in [-0.05, 0) is 31.8 Å². The van der Waals surface area contributed by atoms with Gasteiger partial charge in [-0.1, -0.05) is 361 Å². The van der Waals surface area contributed by atoms with Crippen LogP contribution in [0.3, 0.4) is 0 Å². The van der Waals surface area contributed by atoms with Gasteiger partial charge in [0.2, 0.25) is 5.91 Å². The molecule has 0 aromatic heterocycles. The fourth-order valence-corrected chi connectivity index (χ4v) is 12.3. The van der Waals surface area contributed by atoms with Crippen molar-refractivity contribution in [2.75, 3.05) is 40.9 Å². The maximum Gasteiger partial charge on any atom is 0.472 e. The molecule has 2 N–H and O–H groups in total. The Kier molecular flexibility index (Phi) is 62.8. The van der Waals surface area contributed by atoms with Gasteiger partial charge in [0.05, 0.1) is 33.8 Å². The topological polar surface area (TPSA) is 111 Å². The smallest absolute Gasteiger partial charge is 0.456 e. The molecule has 0 fully saturated rings. The summed E-state index contributed by atoms with van der Waals surface area (Å²) in [4.78, 5) is 37.9. The van der Waals surface area contributed by atoms with Crippen molar-refractivity contribution < 1.29 is 37.3 Å². The highest BCUT2D eigenvalue weighted by Gasteiger charge is 2.30. The third kappa shape index (κ3) is 65.0. The Hall–Kier alpha value is -1.25. The van der Waals surface area contributed by atoms with Gasteiger partial charge >= 0.3 is 13.8 Å². The van der Waals surface area contributed by atoms with E-state index in [1.54, 1.807) is 0 Å². The third-order valence-electron chi connectivity index (χ3n) is 17.2. The largest absolute Gasteiger partial charge is 0.472 e. The minimum Gasteiger partial charge on any atom is -0.456 e. The second-order valence-electron chi connectivity index (χ2n) is 26.8. The number of ether oxygens (including phenoxy) is 1. The fraction of sp³-hybridized carbons (Fsp3) is 0.945. The van der Waals surface area contributed by atoms with Gasteiger partial charge in [-0.2, -0.15) is 0 Å². The van der Waals surface area contributed by atoms with Gasteiger partial charge in [-0.25, -0.2) is 4.57 Å². The molecular formula is C73H146N2O7P+. The Morgan fingerprint density at radius 3 is 0.988 bits per heavy atom. The summed E-state index contributed by atoms with van der Waals surface area (Å²) < 4.78 is 30.9. The summed E-state index contributed by atoms with van der Waals surface area (Å²) in [6, 6.07) is -0.841. The van der Waals surface area contributed by atoms with Crippen LogP contribution >= 0.6 is 7.82 Å². The molecule has 0 radical (unpaired) electrons. The Balaban J connectivity index is 4.96. The van der Waals surface area contributed by atoms with Crippen molar-refractivity contribution in [2.24, 2.45) is 0 Å². The predicted molar refractivity (Wildman–Crippen MR) is 360 cm³/mol. The van der Waals surface area contributed by atoms with Gasteiger partial charge in [-0.15, -0.1) is 0 Å². The molecule has 0 saturated carbocycles. The van der Waals surface area contributed by atoms with Crippen LogP contribution in [0.5, 0.6) is 0 Å². The molecule has 3 unspecified atom stereocenters. The van der Waals surface area contributed by atoms with Gasteiger partial charge in [0.15, 0.2) is 0 Å². The number of allylic oxidation sites excluding steroid dienone is 1. The summed E-state index contributed by atoms with van der Waals surface area (Å²) in [5.74, 6) is -0.476. The van der Waals surface area contributed by atoms with Crippen molar-refractivity contribution in [1.29, 1.82) is 0 Å². The number of amides is 1. The molecule has 1 amide bonds. The number of nitrogens with one attached hydrogen (secondary N) is 1. The SMILES string of the molecule is CCCCCCCCCCCCC/C=C\C(OC(=O)CCCCCCCCCCCCCCCCCCCCCCCCCCCCC)C(COP(=O)(O)OCC[N+](C)(C)C)NC(=O)CCCCCCCCCCCCCCCCCCC. The predicted octanol–water partition coefficient (Wildman–Crippen LogP) is 23.5. The lowest BCUT2D eigenvalue weighted by Crippen LogP contribution is -2.47. The van der Waals surface area contributed by atoms with Crippen molar-refractivity contribution in [1.82, 2.24) is 5.32 Å². The number of carbonyl (C=O) groups excluding carboxylic acids is 2. The minimum absolute atomic E-state index is 0.0462. The van der Waals surface area contributed by atoms with E-state index in [-0.39, 0.29) is 25.1 Å². The number of quaternary nitrogens is 1. The van der Waals surface area contributed by atoms with Crippen LogP contribution in [0.1, 0.15) is 393 Å². The summed E-state index contributed by atoms with van der Waals surface area (Å²) >= 11 is 0. The average Bonchev–Trinajstić information content (AvgIpc) is 3.47. The van der Waals surface area contributed by atoms with Crippen molar-refractivity contribution in [3.63, 3.8) is 0 Å². The number of likely N-dealkylation sites (N-methyl/N-ethyl adjacent to an activating group) is 1. The number of hydrogen-bond acceptors (Lipinski definition) is 6. The Bertz CT molecular complexity index is 1420. The number of esters is 1. The minimum atomic E-state index is -4.45. The van der Waals surface area contributed by atoms with Crippen molar-refractivity contribution in [3.8, 4) is 0 Å². The fourth-order valence-electron chi connectivity index (χ4n) is 11.5. The molecule has 0 aromatic carbocycles. The molecular weight excluding hydrogens is 1050 g/mol. The van der Waals surface area contributed by atoms with Crippen LogP contribution in [0.2, 0.25) is 0 Å². The van der Waals surface area contributed by atoms with Gasteiger partial charge < -0.3 is 19.4 Å². The van der Waals surface area contributed by atoms with Crippen LogP contribution < -0.4 is 5.32 Å². The first-order valence-corrected chi connectivity index (χ1v) is 38.5. The highest BCUT2D eigenvalue weighted by Crippen LogP contribution is 2.43. The van der Waals surface area contributed by atoms with Crippen LogP contribution in [0.25, 0.3) is 0 Å². The zero-order chi connectivity index (χ0) is 60.7. The highest BCUT2D eigenvalue weighted by atomic mass is 31.2. The van der Waals surface area contributed by atoms with Crippen molar-refractivity contribution in [2.45, 2.75) is 405 Å². The first-order valence-electron chi connectivity index (χ1n) is 37.0. The molecule has 0 bridgehead atoms. The number of rotatable bonds is 69. The van der Waals surface area contributed by atoms with E-state index >= 15 is 0 Å². The van der Waals surface area contributed by atoms with Crippen LogP contribution in [-0.4, -0.2) is 74.3 Å². The molecule has 83 heavy (non-hydrogen) atoms. The quantitative estimate of drug-likeness (QED) is 0.0205. The maximum absolute atomic E-state index is 13.6. The number of phosphoric acid groups is 1. The van der Waals surface area contributed by atoms with Gasteiger partial charge in [0.1, 0.15) is 19.3 Å². The molecule has 0 spiro atoms. The average molecular weight is 1190 g/mol. The normalized spacial score (nSPS) is 13.5. The highest BCUT2D eigenvalue weighted by molar-refractivity contribution is 7.47. The first-order chi connectivity index (χ1) is 40.4. The van der Waals surface area contributed by atoms with Gasteiger partial charge in [0.25, 0.3) is 0 Å². The van der Waals surface area contributed by atoms with Crippen LogP contribution in [0, 0.1) is 0 Å². The summed E-state index contributed by atoms with van der Waals surface area (Å²) in [5.41, 5.74) is 0. The molecule has 494 valence electrons. The number of carbonyl (C=O) groups is 2. The molecule has 0 saturated heterocycles. The van der Waals surface area contributed by atoms with E-state index in [1.807, 2.05) is 27.2 Å². The number of hydrogen-bond donors (Lipinski definition) is 2. The summed E-state index contributed by atoms with van der Waals surface area (Å²) in [7, 11) is 1.52. The molecule has 0 rings (SSSR count). The van der Waals surface area contributed by atoms with Gasteiger partial charge in [-0.3, -0.25) is 18.6 Å². The van der Waals surface area contributed by atoms with Gasteiger partial charge in [0, 0.05) is 12.8 Å². The lowest BCUT2D eigenvalue weighted by atomic mass is 10.0. The molecule has 10 heteroatoms. The monoisotopic (exact) mass is 1190 g/mol. The molecule has 0 aromatic rings. The number of phosphoric ester groups is 1. The van der Waals surface area contributed by atoms with Crippen molar-refractivity contribution >= 4 is 19.7 Å². The number of nitrogens with zero attached hydrogens (tertiary/aromatic N) is 1. The van der Waals surface area contributed by atoms with Crippen LogP contribution in [0.15, 0.2) is 12.2 Å².